The molecule has 2 N–H and O–H groups in total. The first-order chi connectivity index (χ1) is 4.12. The van der Waals surface area contributed by atoms with Crippen molar-refractivity contribution in [3.63, 3.8) is 0 Å². The molecule has 4 heteroatoms. The van der Waals surface area contributed by atoms with Crippen LogP contribution < -0.4 is 5.09 Å². The summed E-state index contributed by atoms with van der Waals surface area (Å²) in [6, 6.07) is 0. The van der Waals surface area contributed by atoms with Crippen LogP contribution in [0.4, 0.5) is 0 Å². The molecule has 0 bridgehead atoms. The summed E-state index contributed by atoms with van der Waals surface area (Å²) in [4.78, 5) is 8.96. The van der Waals surface area contributed by atoms with Crippen LogP contribution in [0.1, 0.15) is 20.3 Å². The zero-order valence-electron chi connectivity index (χ0n) is 5.92. The molecule has 0 amide bonds. The van der Waals surface area contributed by atoms with Crippen molar-refractivity contribution in [3.05, 3.63) is 0 Å². The van der Waals surface area contributed by atoms with Gasteiger partial charge in [-0.1, -0.05) is 13.8 Å². The van der Waals surface area contributed by atoms with Crippen molar-refractivity contribution < 1.29 is 9.46 Å². The van der Waals surface area contributed by atoms with Crippen molar-refractivity contribution in [2.75, 3.05) is 12.7 Å². The molecule has 0 saturated carbocycles. The first-order valence-electron chi connectivity index (χ1n) is 3.19. The monoisotopic (exact) mass is 151 g/mol. The highest BCUT2D eigenvalue weighted by atomic mass is 31.2. The molecule has 0 aliphatic carbocycles. The molecule has 0 aromatic carbocycles. The largest absolute Gasteiger partial charge is 0.333 e. The van der Waals surface area contributed by atoms with Gasteiger partial charge in [-0.25, -0.2) is 5.09 Å². The van der Waals surface area contributed by atoms with Crippen LogP contribution in [0.25, 0.3) is 0 Å². The fraction of sp³-hybridized carbons (Fsp3) is 1.00. The molecule has 0 aliphatic heterocycles. The van der Waals surface area contributed by atoms with E-state index in [2.05, 4.69) is 5.09 Å². The molecule has 0 fully saturated rings. The van der Waals surface area contributed by atoms with Crippen LogP contribution in [0.15, 0.2) is 0 Å². The Morgan fingerprint density at radius 2 is 2.11 bits per heavy atom. The minimum atomic E-state index is -2.94. The standard InChI is InChI=1S/C5H14NO2P/c1-3-5-9(7,8)6-4-2/h3-5H2,1-2H3,(H2,6,7,8). The first-order valence-corrected chi connectivity index (χ1v) is 5.03. The lowest BCUT2D eigenvalue weighted by molar-refractivity contribution is 0.463. The third-order valence-electron chi connectivity index (χ3n) is 0.932. The highest BCUT2D eigenvalue weighted by molar-refractivity contribution is 7.55. The van der Waals surface area contributed by atoms with Crippen LogP contribution in [-0.4, -0.2) is 17.6 Å². The Kier molecular flexibility index (Phi) is 4.11. The van der Waals surface area contributed by atoms with Gasteiger partial charge in [0.15, 0.2) is 0 Å². The fourth-order valence-corrected chi connectivity index (χ4v) is 1.89. The van der Waals surface area contributed by atoms with Crippen molar-refractivity contribution >= 4 is 7.52 Å². The third-order valence-corrected chi connectivity index (χ3v) is 2.80. The van der Waals surface area contributed by atoms with Gasteiger partial charge in [0.2, 0.25) is 0 Å². The third kappa shape index (κ3) is 4.64. The molecule has 0 radical (unpaired) electrons. The summed E-state index contributed by atoms with van der Waals surface area (Å²) in [7, 11) is -2.94. The molecule has 9 heavy (non-hydrogen) atoms. The number of rotatable bonds is 4. The zero-order chi connectivity index (χ0) is 7.33. The van der Waals surface area contributed by atoms with Gasteiger partial charge in [-0.3, -0.25) is 4.57 Å². The van der Waals surface area contributed by atoms with E-state index >= 15 is 0 Å². The van der Waals surface area contributed by atoms with Gasteiger partial charge in [0, 0.05) is 12.7 Å². The van der Waals surface area contributed by atoms with Crippen LogP contribution in [0, 0.1) is 0 Å². The van der Waals surface area contributed by atoms with Crippen LogP contribution in [-0.2, 0) is 4.57 Å². The molecule has 3 nitrogen and oxygen atoms in total. The maximum absolute atomic E-state index is 10.9. The summed E-state index contributed by atoms with van der Waals surface area (Å²) in [6.45, 7) is 4.27. The summed E-state index contributed by atoms with van der Waals surface area (Å²) in [5, 5.41) is 2.53. The second-order valence-corrected chi connectivity index (χ2v) is 4.10. The van der Waals surface area contributed by atoms with Gasteiger partial charge in [0.05, 0.1) is 0 Å². The topological polar surface area (TPSA) is 49.3 Å². The van der Waals surface area contributed by atoms with E-state index in [1.807, 2.05) is 13.8 Å². The Morgan fingerprint density at radius 3 is 2.44 bits per heavy atom. The second kappa shape index (κ2) is 4.04. The normalized spacial score (nSPS) is 17.2. The van der Waals surface area contributed by atoms with Gasteiger partial charge in [0.25, 0.3) is 7.52 Å². The van der Waals surface area contributed by atoms with Crippen LogP contribution in [0.3, 0.4) is 0 Å². The van der Waals surface area contributed by atoms with E-state index in [0.717, 1.165) is 6.42 Å². The van der Waals surface area contributed by atoms with E-state index in [9.17, 15) is 4.57 Å². The number of hydrogen-bond donors (Lipinski definition) is 2. The van der Waals surface area contributed by atoms with E-state index in [1.165, 1.54) is 0 Å². The van der Waals surface area contributed by atoms with E-state index in [-0.39, 0.29) is 0 Å². The molecule has 1 unspecified atom stereocenters. The maximum Gasteiger partial charge on any atom is 0.267 e. The average molecular weight is 151 g/mol. The molecule has 0 aromatic rings. The molecule has 0 aliphatic rings. The SMILES string of the molecule is CCCP(=O)(O)NCC. The van der Waals surface area contributed by atoms with Crippen molar-refractivity contribution in [1.82, 2.24) is 5.09 Å². The summed E-state index contributed by atoms with van der Waals surface area (Å²) in [5.41, 5.74) is 0. The first kappa shape index (κ1) is 9.15. The molecule has 56 valence electrons. The number of nitrogens with one attached hydrogen (secondary N) is 1. The lowest BCUT2D eigenvalue weighted by Crippen LogP contribution is -2.10. The Balaban J connectivity index is 3.58. The van der Waals surface area contributed by atoms with Crippen molar-refractivity contribution in [2.24, 2.45) is 0 Å². The molecule has 0 aromatic heterocycles. The van der Waals surface area contributed by atoms with Gasteiger partial charge in [-0.2, -0.15) is 0 Å². The molecular weight excluding hydrogens is 137 g/mol. The summed E-state index contributed by atoms with van der Waals surface area (Å²) in [6.07, 6.45) is 1.13. The lowest BCUT2D eigenvalue weighted by atomic mass is 10.6. The van der Waals surface area contributed by atoms with Crippen molar-refractivity contribution in [3.8, 4) is 0 Å². The summed E-state index contributed by atoms with van der Waals surface area (Å²) < 4.78 is 10.9. The van der Waals surface area contributed by atoms with Crippen LogP contribution >= 0.6 is 7.52 Å². The zero-order valence-corrected chi connectivity index (χ0v) is 6.82. The van der Waals surface area contributed by atoms with Crippen LogP contribution in [0.5, 0.6) is 0 Å². The second-order valence-electron chi connectivity index (χ2n) is 1.94. The molecule has 0 rings (SSSR count). The van der Waals surface area contributed by atoms with Gasteiger partial charge in [-0.15, -0.1) is 0 Å². The highest BCUT2D eigenvalue weighted by Gasteiger charge is 2.12. The van der Waals surface area contributed by atoms with Crippen molar-refractivity contribution in [2.45, 2.75) is 20.3 Å². The predicted octanol–water partition coefficient (Wildman–Crippen LogP) is 1.19. The van der Waals surface area contributed by atoms with Crippen molar-refractivity contribution in [1.29, 1.82) is 0 Å². The Hall–Kier alpha value is 0.150. The Bertz CT molecular complexity index is 106. The van der Waals surface area contributed by atoms with Gasteiger partial charge >= 0.3 is 0 Å². The fourth-order valence-electron chi connectivity index (χ4n) is 0.629. The van der Waals surface area contributed by atoms with Crippen LogP contribution in [0.2, 0.25) is 0 Å². The Labute approximate surface area is 56.0 Å². The molecule has 0 spiro atoms. The van der Waals surface area contributed by atoms with E-state index < -0.39 is 7.52 Å². The van der Waals surface area contributed by atoms with Gasteiger partial charge < -0.3 is 4.89 Å². The summed E-state index contributed by atoms with van der Waals surface area (Å²) in [5.74, 6) is 0. The van der Waals surface area contributed by atoms with Gasteiger partial charge in [0.1, 0.15) is 0 Å². The maximum atomic E-state index is 10.9. The highest BCUT2D eigenvalue weighted by Crippen LogP contribution is 2.34. The number of hydrogen-bond acceptors (Lipinski definition) is 1. The molecular formula is C5H14NO2P. The quantitative estimate of drug-likeness (QED) is 0.593. The molecule has 0 saturated heterocycles. The Morgan fingerprint density at radius 1 is 1.56 bits per heavy atom. The minimum absolute atomic E-state index is 0.376. The van der Waals surface area contributed by atoms with E-state index in [4.69, 9.17) is 4.89 Å². The smallest absolute Gasteiger partial charge is 0.267 e. The predicted molar refractivity (Wildman–Crippen MR) is 38.7 cm³/mol. The molecule has 1 atom stereocenters. The van der Waals surface area contributed by atoms with Gasteiger partial charge in [-0.05, 0) is 6.42 Å². The average Bonchev–Trinajstić information content (AvgIpc) is 1.64. The minimum Gasteiger partial charge on any atom is -0.333 e. The molecule has 0 heterocycles. The lowest BCUT2D eigenvalue weighted by Gasteiger charge is -2.08. The van der Waals surface area contributed by atoms with E-state index in [1.54, 1.807) is 0 Å². The van der Waals surface area contributed by atoms with E-state index in [0.29, 0.717) is 12.7 Å². The summed E-state index contributed by atoms with van der Waals surface area (Å²) >= 11 is 0.